The highest BCUT2D eigenvalue weighted by Crippen LogP contribution is 2.24. The van der Waals surface area contributed by atoms with E-state index in [9.17, 15) is 9.90 Å². The van der Waals surface area contributed by atoms with Gasteiger partial charge in [-0.3, -0.25) is 0 Å². The van der Waals surface area contributed by atoms with Gasteiger partial charge in [-0.1, -0.05) is 40.9 Å². The molecule has 0 saturated heterocycles. The molecule has 0 fully saturated rings. The van der Waals surface area contributed by atoms with Crippen molar-refractivity contribution in [2.45, 2.75) is 6.61 Å². The Hall–Kier alpha value is -1.42. The smallest absolute Gasteiger partial charge is 0.342 e. The SMILES string of the molecule is O=C(OCc1ccc(Cl)cc1Cl)c1cc(Cl)ccc1O. The first kappa shape index (κ1) is 15.0. The fourth-order valence-corrected chi connectivity index (χ4v) is 2.17. The van der Waals surface area contributed by atoms with E-state index < -0.39 is 5.97 Å². The van der Waals surface area contributed by atoms with Crippen LogP contribution in [0.3, 0.4) is 0 Å². The summed E-state index contributed by atoms with van der Waals surface area (Å²) in [6.45, 7) is -0.0270. The lowest BCUT2D eigenvalue weighted by atomic mass is 10.2. The third kappa shape index (κ3) is 3.57. The van der Waals surface area contributed by atoms with Crippen molar-refractivity contribution >= 4 is 40.8 Å². The minimum absolute atomic E-state index is 0.00239. The van der Waals surface area contributed by atoms with E-state index in [0.29, 0.717) is 20.6 Å². The van der Waals surface area contributed by atoms with Crippen molar-refractivity contribution in [3.05, 3.63) is 62.6 Å². The van der Waals surface area contributed by atoms with E-state index in [4.69, 9.17) is 39.5 Å². The fraction of sp³-hybridized carbons (Fsp3) is 0.0714. The Labute approximate surface area is 130 Å². The number of phenols is 1. The number of esters is 1. The number of hydrogen-bond donors (Lipinski definition) is 1. The predicted octanol–water partition coefficient (Wildman–Crippen LogP) is 4.71. The van der Waals surface area contributed by atoms with E-state index >= 15 is 0 Å². The third-order valence-electron chi connectivity index (χ3n) is 2.55. The molecule has 0 bridgehead atoms. The van der Waals surface area contributed by atoms with Gasteiger partial charge in [-0.15, -0.1) is 0 Å². The molecule has 1 N–H and O–H groups in total. The van der Waals surface area contributed by atoms with E-state index in [2.05, 4.69) is 0 Å². The topological polar surface area (TPSA) is 46.5 Å². The molecule has 0 aliphatic carbocycles. The summed E-state index contributed by atoms with van der Waals surface area (Å²) in [6.07, 6.45) is 0. The standard InChI is InChI=1S/C14H9Cl3O3/c15-9-3-4-13(18)11(5-9)14(19)20-7-8-1-2-10(16)6-12(8)17/h1-6,18H,7H2. The van der Waals surface area contributed by atoms with Crippen LogP contribution in [0.15, 0.2) is 36.4 Å². The second-order valence-electron chi connectivity index (χ2n) is 3.97. The van der Waals surface area contributed by atoms with Crippen LogP contribution in [0.4, 0.5) is 0 Å². The molecule has 0 radical (unpaired) electrons. The van der Waals surface area contributed by atoms with E-state index in [0.717, 1.165) is 0 Å². The Morgan fingerprint density at radius 2 is 1.70 bits per heavy atom. The highest BCUT2D eigenvalue weighted by molar-refractivity contribution is 6.35. The Balaban J connectivity index is 2.10. The van der Waals surface area contributed by atoms with Gasteiger partial charge in [0.05, 0.1) is 0 Å². The molecule has 0 aliphatic rings. The van der Waals surface area contributed by atoms with Gasteiger partial charge >= 0.3 is 5.97 Å². The minimum atomic E-state index is -0.684. The molecule has 0 aromatic heterocycles. The molecule has 0 spiro atoms. The lowest BCUT2D eigenvalue weighted by molar-refractivity contribution is 0.0469. The largest absolute Gasteiger partial charge is 0.507 e. The number of rotatable bonds is 3. The van der Waals surface area contributed by atoms with Crippen molar-refractivity contribution in [1.82, 2.24) is 0 Å². The van der Waals surface area contributed by atoms with Crippen LogP contribution in [0.2, 0.25) is 15.1 Å². The van der Waals surface area contributed by atoms with Crippen LogP contribution in [-0.2, 0) is 11.3 Å². The first-order valence-corrected chi connectivity index (χ1v) is 6.70. The lowest BCUT2D eigenvalue weighted by Gasteiger charge is -2.08. The molecule has 0 heterocycles. The summed E-state index contributed by atoms with van der Waals surface area (Å²) in [5.74, 6) is -0.877. The molecule has 6 heteroatoms. The van der Waals surface area contributed by atoms with Gasteiger partial charge in [-0.05, 0) is 30.3 Å². The van der Waals surface area contributed by atoms with Crippen LogP contribution < -0.4 is 0 Å². The number of benzene rings is 2. The molecule has 2 aromatic carbocycles. The van der Waals surface area contributed by atoms with E-state index in [1.807, 2.05) is 0 Å². The number of carbonyl (C=O) groups is 1. The summed E-state index contributed by atoms with van der Waals surface area (Å²) in [4.78, 5) is 11.9. The quantitative estimate of drug-likeness (QED) is 0.829. The fourth-order valence-electron chi connectivity index (χ4n) is 1.53. The van der Waals surface area contributed by atoms with Crippen molar-refractivity contribution in [2.24, 2.45) is 0 Å². The molecule has 2 aromatic rings. The molecule has 3 nitrogen and oxygen atoms in total. The zero-order chi connectivity index (χ0) is 14.7. The maximum atomic E-state index is 11.9. The summed E-state index contributed by atoms with van der Waals surface area (Å²) >= 11 is 17.5. The number of ether oxygens (including phenoxy) is 1. The average Bonchev–Trinajstić information content (AvgIpc) is 2.40. The monoisotopic (exact) mass is 330 g/mol. The van der Waals surface area contributed by atoms with E-state index in [1.165, 1.54) is 18.2 Å². The van der Waals surface area contributed by atoms with Gasteiger partial charge in [0.15, 0.2) is 0 Å². The van der Waals surface area contributed by atoms with Crippen LogP contribution in [0.25, 0.3) is 0 Å². The molecule has 2 rings (SSSR count). The number of phenolic OH excluding ortho intramolecular Hbond substituents is 1. The van der Waals surface area contributed by atoms with Gasteiger partial charge in [-0.25, -0.2) is 4.79 Å². The number of halogens is 3. The molecular weight excluding hydrogens is 323 g/mol. The van der Waals surface area contributed by atoms with Crippen LogP contribution in [-0.4, -0.2) is 11.1 Å². The van der Waals surface area contributed by atoms with Gasteiger partial charge in [0.2, 0.25) is 0 Å². The van der Waals surface area contributed by atoms with Gasteiger partial charge in [0.25, 0.3) is 0 Å². The van der Waals surface area contributed by atoms with Crippen LogP contribution in [0.1, 0.15) is 15.9 Å². The van der Waals surface area contributed by atoms with Crippen molar-refractivity contribution in [2.75, 3.05) is 0 Å². The van der Waals surface area contributed by atoms with Crippen LogP contribution in [0, 0.1) is 0 Å². The van der Waals surface area contributed by atoms with Crippen LogP contribution in [0.5, 0.6) is 5.75 Å². The maximum Gasteiger partial charge on any atom is 0.342 e. The molecule has 0 atom stereocenters. The third-order valence-corrected chi connectivity index (χ3v) is 3.37. The molecule has 0 unspecified atom stereocenters. The first-order chi connectivity index (χ1) is 9.47. The van der Waals surface area contributed by atoms with Gasteiger partial charge in [0.1, 0.15) is 17.9 Å². The highest BCUT2D eigenvalue weighted by atomic mass is 35.5. The Morgan fingerprint density at radius 1 is 1.05 bits per heavy atom. The van der Waals surface area contributed by atoms with Crippen molar-refractivity contribution in [3.8, 4) is 5.75 Å². The zero-order valence-corrected chi connectivity index (χ0v) is 12.3. The zero-order valence-electron chi connectivity index (χ0n) is 10.1. The number of aromatic hydroxyl groups is 1. The van der Waals surface area contributed by atoms with Crippen molar-refractivity contribution in [1.29, 1.82) is 0 Å². The summed E-state index contributed by atoms with van der Waals surface area (Å²) in [5, 5.41) is 10.8. The summed E-state index contributed by atoms with van der Waals surface area (Å²) in [6, 6.07) is 9.01. The Kier molecular flexibility index (Phi) is 4.76. The van der Waals surface area contributed by atoms with E-state index in [-0.39, 0.29) is 17.9 Å². The molecule has 20 heavy (non-hydrogen) atoms. The lowest BCUT2D eigenvalue weighted by Crippen LogP contribution is -2.06. The summed E-state index contributed by atoms with van der Waals surface area (Å²) in [7, 11) is 0. The summed E-state index contributed by atoms with van der Waals surface area (Å²) < 4.78 is 5.09. The van der Waals surface area contributed by atoms with Gasteiger partial charge in [0, 0.05) is 20.6 Å². The average molecular weight is 332 g/mol. The Bertz CT molecular complexity index is 656. The second-order valence-corrected chi connectivity index (χ2v) is 5.25. The molecule has 0 saturated carbocycles. The van der Waals surface area contributed by atoms with Gasteiger partial charge < -0.3 is 9.84 Å². The molecule has 0 aliphatic heterocycles. The van der Waals surface area contributed by atoms with Crippen LogP contribution >= 0.6 is 34.8 Å². The maximum absolute atomic E-state index is 11.9. The molecular formula is C14H9Cl3O3. The molecule has 0 amide bonds. The highest BCUT2D eigenvalue weighted by Gasteiger charge is 2.14. The first-order valence-electron chi connectivity index (χ1n) is 5.57. The van der Waals surface area contributed by atoms with Crippen molar-refractivity contribution in [3.63, 3.8) is 0 Å². The van der Waals surface area contributed by atoms with Gasteiger partial charge in [-0.2, -0.15) is 0 Å². The second kappa shape index (κ2) is 6.35. The summed E-state index contributed by atoms with van der Waals surface area (Å²) in [5.41, 5.74) is 0.619. The molecule has 104 valence electrons. The van der Waals surface area contributed by atoms with Crippen molar-refractivity contribution < 1.29 is 14.6 Å². The Morgan fingerprint density at radius 3 is 2.40 bits per heavy atom. The number of hydrogen-bond acceptors (Lipinski definition) is 3. The van der Waals surface area contributed by atoms with E-state index in [1.54, 1.807) is 18.2 Å². The predicted molar refractivity (Wildman–Crippen MR) is 78.7 cm³/mol. The minimum Gasteiger partial charge on any atom is -0.507 e. The number of carbonyl (C=O) groups excluding carboxylic acids is 1. The normalized spacial score (nSPS) is 10.3.